The van der Waals surface area contributed by atoms with E-state index in [0.717, 1.165) is 13.0 Å². The number of carbonyl (C=O) groups is 2. The number of aryl methyl sites for hydroxylation is 1. The van der Waals surface area contributed by atoms with Crippen LogP contribution in [0, 0.1) is 5.92 Å². The molecule has 0 aromatic carbocycles. The first-order chi connectivity index (χ1) is 8.25. The summed E-state index contributed by atoms with van der Waals surface area (Å²) in [6, 6.07) is 1.87. The molecular weight excluding hydrogens is 220 g/mol. The van der Waals surface area contributed by atoms with Crippen molar-refractivity contribution in [2.45, 2.75) is 19.4 Å². The van der Waals surface area contributed by atoms with Crippen LogP contribution >= 0.6 is 0 Å². The molecule has 2 N–H and O–H groups in total. The SMILES string of the molecule is O=C1CC(C(=O)NCCCn2cccn2)CN1. The maximum atomic E-state index is 11.6. The standard InChI is InChI=1S/C11H16N4O2/c16-10-7-9(8-13-10)11(17)12-3-1-5-15-6-2-4-14-15/h2,4,6,9H,1,3,5,7-8H2,(H,12,17)(H,13,16). The lowest BCUT2D eigenvalue weighted by Gasteiger charge is -2.08. The smallest absolute Gasteiger partial charge is 0.225 e. The molecule has 2 rings (SSSR count). The van der Waals surface area contributed by atoms with Crippen LogP contribution in [0.2, 0.25) is 0 Å². The first-order valence-electron chi connectivity index (χ1n) is 5.77. The molecule has 1 fully saturated rings. The van der Waals surface area contributed by atoms with Gasteiger partial charge in [-0.05, 0) is 12.5 Å². The second-order valence-electron chi connectivity index (χ2n) is 4.12. The summed E-state index contributed by atoms with van der Waals surface area (Å²) >= 11 is 0. The normalized spacial score (nSPS) is 19.1. The van der Waals surface area contributed by atoms with E-state index >= 15 is 0 Å². The van der Waals surface area contributed by atoms with Gasteiger partial charge >= 0.3 is 0 Å². The van der Waals surface area contributed by atoms with Gasteiger partial charge in [0.1, 0.15) is 0 Å². The van der Waals surface area contributed by atoms with Crippen molar-refractivity contribution in [2.75, 3.05) is 13.1 Å². The lowest BCUT2D eigenvalue weighted by atomic mass is 10.1. The highest BCUT2D eigenvalue weighted by Gasteiger charge is 2.27. The van der Waals surface area contributed by atoms with E-state index in [1.807, 2.05) is 16.9 Å². The summed E-state index contributed by atoms with van der Waals surface area (Å²) in [5.74, 6) is -0.280. The third-order valence-corrected chi connectivity index (χ3v) is 2.77. The predicted molar refractivity (Wildman–Crippen MR) is 61.0 cm³/mol. The Labute approximate surface area is 99.4 Å². The topological polar surface area (TPSA) is 76.0 Å². The van der Waals surface area contributed by atoms with Crippen LogP contribution in [-0.2, 0) is 16.1 Å². The molecule has 1 unspecified atom stereocenters. The van der Waals surface area contributed by atoms with E-state index < -0.39 is 0 Å². The van der Waals surface area contributed by atoms with Crippen molar-refractivity contribution < 1.29 is 9.59 Å². The van der Waals surface area contributed by atoms with Gasteiger partial charge in [-0.15, -0.1) is 0 Å². The molecule has 1 aliphatic rings. The molecule has 0 aliphatic carbocycles. The molecular formula is C11H16N4O2. The van der Waals surface area contributed by atoms with E-state index in [4.69, 9.17) is 0 Å². The fourth-order valence-electron chi connectivity index (χ4n) is 1.82. The zero-order valence-corrected chi connectivity index (χ0v) is 9.56. The Hall–Kier alpha value is -1.85. The summed E-state index contributed by atoms with van der Waals surface area (Å²) in [6.45, 7) is 1.86. The van der Waals surface area contributed by atoms with E-state index in [1.165, 1.54) is 0 Å². The van der Waals surface area contributed by atoms with Crippen LogP contribution in [0.3, 0.4) is 0 Å². The number of nitrogens with zero attached hydrogens (tertiary/aromatic N) is 2. The number of hydrogen-bond acceptors (Lipinski definition) is 3. The third kappa shape index (κ3) is 3.30. The number of nitrogens with one attached hydrogen (secondary N) is 2. The van der Waals surface area contributed by atoms with Gasteiger partial charge in [-0.2, -0.15) is 5.10 Å². The molecule has 0 radical (unpaired) electrons. The van der Waals surface area contributed by atoms with Gasteiger partial charge < -0.3 is 10.6 Å². The molecule has 92 valence electrons. The minimum atomic E-state index is -0.202. The van der Waals surface area contributed by atoms with Gasteiger partial charge in [-0.3, -0.25) is 14.3 Å². The van der Waals surface area contributed by atoms with Crippen molar-refractivity contribution in [3.05, 3.63) is 18.5 Å². The molecule has 0 saturated carbocycles. The highest BCUT2D eigenvalue weighted by molar-refractivity contribution is 5.89. The Morgan fingerprint density at radius 2 is 2.53 bits per heavy atom. The highest BCUT2D eigenvalue weighted by Crippen LogP contribution is 2.08. The van der Waals surface area contributed by atoms with Crippen LogP contribution in [0.5, 0.6) is 0 Å². The van der Waals surface area contributed by atoms with Crippen LogP contribution in [0.15, 0.2) is 18.5 Å². The minimum absolute atomic E-state index is 0.0381. The van der Waals surface area contributed by atoms with E-state index in [2.05, 4.69) is 15.7 Å². The number of carbonyl (C=O) groups excluding carboxylic acids is 2. The lowest BCUT2D eigenvalue weighted by Crippen LogP contribution is -2.32. The maximum absolute atomic E-state index is 11.6. The predicted octanol–water partition coefficient (Wildman–Crippen LogP) is -0.474. The molecule has 1 atom stereocenters. The second-order valence-corrected chi connectivity index (χ2v) is 4.12. The molecule has 17 heavy (non-hydrogen) atoms. The first kappa shape index (κ1) is 11.6. The summed E-state index contributed by atoms with van der Waals surface area (Å²) in [5, 5.41) is 9.55. The van der Waals surface area contributed by atoms with E-state index in [9.17, 15) is 9.59 Å². The number of amides is 2. The Kier molecular flexibility index (Phi) is 3.74. The van der Waals surface area contributed by atoms with Crippen LogP contribution in [0.1, 0.15) is 12.8 Å². The Balaban J connectivity index is 1.62. The molecule has 2 amide bonds. The fourth-order valence-corrected chi connectivity index (χ4v) is 1.82. The van der Waals surface area contributed by atoms with Crippen LogP contribution in [0.4, 0.5) is 0 Å². The van der Waals surface area contributed by atoms with Crippen LogP contribution < -0.4 is 10.6 Å². The van der Waals surface area contributed by atoms with Gasteiger partial charge in [0.15, 0.2) is 0 Å². The Bertz CT molecular complexity index is 388. The van der Waals surface area contributed by atoms with Crippen molar-refractivity contribution in [2.24, 2.45) is 5.92 Å². The van der Waals surface area contributed by atoms with E-state index in [0.29, 0.717) is 19.5 Å². The van der Waals surface area contributed by atoms with Gasteiger partial charge in [0.2, 0.25) is 11.8 Å². The van der Waals surface area contributed by atoms with Gasteiger partial charge in [-0.25, -0.2) is 0 Å². The van der Waals surface area contributed by atoms with Crippen molar-refractivity contribution in [1.82, 2.24) is 20.4 Å². The summed E-state index contributed by atoms with van der Waals surface area (Å²) in [6.07, 6.45) is 4.77. The average Bonchev–Trinajstić information content (AvgIpc) is 2.95. The molecule has 2 heterocycles. The summed E-state index contributed by atoms with van der Waals surface area (Å²) in [4.78, 5) is 22.6. The molecule has 0 spiro atoms. The molecule has 1 aromatic heterocycles. The van der Waals surface area contributed by atoms with Crippen molar-refractivity contribution in [1.29, 1.82) is 0 Å². The van der Waals surface area contributed by atoms with Crippen molar-refractivity contribution >= 4 is 11.8 Å². The van der Waals surface area contributed by atoms with Crippen LogP contribution in [-0.4, -0.2) is 34.7 Å². The van der Waals surface area contributed by atoms with Gasteiger partial charge in [-0.1, -0.05) is 0 Å². The molecule has 1 aliphatic heterocycles. The lowest BCUT2D eigenvalue weighted by molar-refractivity contribution is -0.126. The van der Waals surface area contributed by atoms with Gasteiger partial charge in [0, 0.05) is 38.4 Å². The van der Waals surface area contributed by atoms with Crippen molar-refractivity contribution in [3.8, 4) is 0 Å². The minimum Gasteiger partial charge on any atom is -0.356 e. The first-order valence-corrected chi connectivity index (χ1v) is 5.77. The molecule has 6 nitrogen and oxygen atoms in total. The van der Waals surface area contributed by atoms with E-state index in [-0.39, 0.29) is 17.7 Å². The Morgan fingerprint density at radius 3 is 3.18 bits per heavy atom. The zero-order valence-electron chi connectivity index (χ0n) is 9.56. The zero-order chi connectivity index (χ0) is 12.1. The maximum Gasteiger partial charge on any atom is 0.225 e. The summed E-state index contributed by atoms with van der Waals surface area (Å²) in [7, 11) is 0. The largest absolute Gasteiger partial charge is 0.356 e. The van der Waals surface area contributed by atoms with E-state index in [1.54, 1.807) is 6.20 Å². The molecule has 6 heteroatoms. The third-order valence-electron chi connectivity index (χ3n) is 2.77. The van der Waals surface area contributed by atoms with Crippen molar-refractivity contribution in [3.63, 3.8) is 0 Å². The number of hydrogen-bond donors (Lipinski definition) is 2. The van der Waals surface area contributed by atoms with Gasteiger partial charge in [0.05, 0.1) is 5.92 Å². The van der Waals surface area contributed by atoms with Crippen LogP contribution in [0.25, 0.3) is 0 Å². The van der Waals surface area contributed by atoms with Gasteiger partial charge in [0.25, 0.3) is 0 Å². The Morgan fingerprint density at radius 1 is 1.65 bits per heavy atom. The summed E-state index contributed by atoms with van der Waals surface area (Å²) < 4.78 is 1.83. The molecule has 0 bridgehead atoms. The molecule has 1 aromatic rings. The molecule has 1 saturated heterocycles. The monoisotopic (exact) mass is 236 g/mol. The highest BCUT2D eigenvalue weighted by atomic mass is 16.2. The fraction of sp³-hybridized carbons (Fsp3) is 0.545. The quantitative estimate of drug-likeness (QED) is 0.678. The number of rotatable bonds is 5. The summed E-state index contributed by atoms with van der Waals surface area (Å²) in [5.41, 5.74) is 0. The second kappa shape index (κ2) is 5.47. The number of aromatic nitrogens is 2. The average molecular weight is 236 g/mol.